The molecule has 0 radical (unpaired) electrons. The summed E-state index contributed by atoms with van der Waals surface area (Å²) < 4.78 is 0. The number of hydrogen-bond acceptors (Lipinski definition) is 2. The first-order valence-electron chi connectivity index (χ1n) is 8.55. The molecule has 1 aromatic rings. The van der Waals surface area contributed by atoms with Gasteiger partial charge in [0.15, 0.2) is 0 Å². The molecule has 2 amide bonds. The molecular formula is C19H24N2O2. The number of carbonyl (C=O) groups is 2. The number of carbonyl (C=O) groups excluding carboxylic acids is 2. The van der Waals surface area contributed by atoms with E-state index < -0.39 is 0 Å². The SMILES string of the molecule is O=C(NCC1=CCCCC1)c1ccc(CN2CCCC2=O)cc1. The molecule has 1 N–H and O–H groups in total. The first-order chi connectivity index (χ1) is 11.2. The quantitative estimate of drug-likeness (QED) is 0.850. The highest BCUT2D eigenvalue weighted by Gasteiger charge is 2.20. The number of benzene rings is 1. The van der Waals surface area contributed by atoms with Crippen molar-refractivity contribution in [2.75, 3.05) is 13.1 Å². The number of allylic oxidation sites excluding steroid dienone is 1. The summed E-state index contributed by atoms with van der Waals surface area (Å²) in [7, 11) is 0. The van der Waals surface area contributed by atoms with Crippen LogP contribution in [0.25, 0.3) is 0 Å². The first kappa shape index (κ1) is 15.8. The van der Waals surface area contributed by atoms with Gasteiger partial charge in [0.1, 0.15) is 0 Å². The molecule has 0 spiro atoms. The highest BCUT2D eigenvalue weighted by atomic mass is 16.2. The molecule has 2 aliphatic rings. The smallest absolute Gasteiger partial charge is 0.251 e. The van der Waals surface area contributed by atoms with E-state index in [-0.39, 0.29) is 11.8 Å². The van der Waals surface area contributed by atoms with Crippen molar-refractivity contribution in [3.8, 4) is 0 Å². The fraction of sp³-hybridized carbons (Fsp3) is 0.474. The van der Waals surface area contributed by atoms with Crippen LogP contribution < -0.4 is 5.32 Å². The van der Waals surface area contributed by atoms with E-state index in [9.17, 15) is 9.59 Å². The molecule has 0 unspecified atom stereocenters. The fourth-order valence-electron chi connectivity index (χ4n) is 3.21. The Morgan fingerprint density at radius 2 is 1.91 bits per heavy atom. The lowest BCUT2D eigenvalue weighted by Gasteiger charge is -2.16. The average molecular weight is 312 g/mol. The van der Waals surface area contributed by atoms with Gasteiger partial charge >= 0.3 is 0 Å². The fourth-order valence-corrected chi connectivity index (χ4v) is 3.21. The van der Waals surface area contributed by atoms with Gasteiger partial charge in [-0.1, -0.05) is 23.8 Å². The van der Waals surface area contributed by atoms with Crippen molar-refractivity contribution in [3.05, 3.63) is 47.0 Å². The first-order valence-corrected chi connectivity index (χ1v) is 8.55. The van der Waals surface area contributed by atoms with Crippen molar-refractivity contribution in [3.63, 3.8) is 0 Å². The molecule has 1 aliphatic heterocycles. The zero-order valence-electron chi connectivity index (χ0n) is 13.5. The van der Waals surface area contributed by atoms with E-state index in [4.69, 9.17) is 0 Å². The molecule has 1 aliphatic carbocycles. The number of nitrogens with zero attached hydrogens (tertiary/aromatic N) is 1. The highest BCUT2D eigenvalue weighted by Crippen LogP contribution is 2.17. The Labute approximate surface area is 137 Å². The van der Waals surface area contributed by atoms with Crippen LogP contribution in [0.2, 0.25) is 0 Å². The zero-order chi connectivity index (χ0) is 16.1. The standard InChI is InChI=1S/C19H24N2O2/c22-18-7-4-12-21(18)14-16-8-10-17(11-9-16)19(23)20-13-15-5-2-1-3-6-15/h5,8-11H,1-4,6-7,12-14H2,(H,20,23). The van der Waals surface area contributed by atoms with E-state index in [1.165, 1.54) is 18.4 Å². The van der Waals surface area contributed by atoms with Crippen LogP contribution in [0.4, 0.5) is 0 Å². The molecule has 4 heteroatoms. The summed E-state index contributed by atoms with van der Waals surface area (Å²) in [6.45, 7) is 2.15. The van der Waals surface area contributed by atoms with Crippen molar-refractivity contribution >= 4 is 11.8 Å². The van der Waals surface area contributed by atoms with Gasteiger partial charge in [-0.25, -0.2) is 0 Å². The molecule has 4 nitrogen and oxygen atoms in total. The predicted octanol–water partition coefficient (Wildman–Crippen LogP) is 3.04. The maximum absolute atomic E-state index is 12.2. The van der Waals surface area contributed by atoms with E-state index in [0.717, 1.165) is 31.4 Å². The van der Waals surface area contributed by atoms with Crippen molar-refractivity contribution in [2.45, 2.75) is 45.1 Å². The van der Waals surface area contributed by atoms with Crippen molar-refractivity contribution < 1.29 is 9.59 Å². The van der Waals surface area contributed by atoms with Crippen LogP contribution in [-0.4, -0.2) is 29.8 Å². The maximum atomic E-state index is 12.2. The van der Waals surface area contributed by atoms with E-state index in [2.05, 4.69) is 11.4 Å². The number of nitrogens with one attached hydrogen (secondary N) is 1. The molecule has 1 saturated heterocycles. The summed E-state index contributed by atoms with van der Waals surface area (Å²) in [5.41, 5.74) is 3.10. The van der Waals surface area contributed by atoms with Gasteiger partial charge < -0.3 is 10.2 Å². The lowest BCUT2D eigenvalue weighted by Crippen LogP contribution is -2.26. The molecule has 122 valence electrons. The Bertz CT molecular complexity index is 604. The predicted molar refractivity (Wildman–Crippen MR) is 90.0 cm³/mol. The Morgan fingerprint density at radius 1 is 1.09 bits per heavy atom. The van der Waals surface area contributed by atoms with Gasteiger partial charge in [0, 0.05) is 31.6 Å². The van der Waals surface area contributed by atoms with Gasteiger partial charge in [0.2, 0.25) is 5.91 Å². The molecule has 0 saturated carbocycles. The molecule has 1 aromatic carbocycles. The second-order valence-corrected chi connectivity index (χ2v) is 6.41. The Morgan fingerprint density at radius 3 is 2.57 bits per heavy atom. The third kappa shape index (κ3) is 4.21. The minimum Gasteiger partial charge on any atom is -0.348 e. The minimum absolute atomic E-state index is 0.0275. The summed E-state index contributed by atoms with van der Waals surface area (Å²) in [5.74, 6) is 0.202. The number of likely N-dealkylation sites (tertiary alicyclic amines) is 1. The van der Waals surface area contributed by atoms with Crippen LogP contribution >= 0.6 is 0 Å². The summed E-state index contributed by atoms with van der Waals surface area (Å²) >= 11 is 0. The van der Waals surface area contributed by atoms with Crippen molar-refractivity contribution in [2.24, 2.45) is 0 Å². The van der Waals surface area contributed by atoms with Crippen LogP contribution in [0.15, 0.2) is 35.9 Å². The number of rotatable bonds is 5. The summed E-state index contributed by atoms with van der Waals surface area (Å²) in [6.07, 6.45) is 8.59. The molecule has 1 heterocycles. The normalized spacial score (nSPS) is 18.0. The Hall–Kier alpha value is -2.10. The van der Waals surface area contributed by atoms with Crippen LogP contribution in [0.1, 0.15) is 54.4 Å². The van der Waals surface area contributed by atoms with Gasteiger partial charge in [0.25, 0.3) is 5.91 Å². The number of amides is 2. The van der Waals surface area contributed by atoms with E-state index in [1.807, 2.05) is 29.2 Å². The van der Waals surface area contributed by atoms with Gasteiger partial charge in [0.05, 0.1) is 0 Å². The second kappa shape index (κ2) is 7.44. The van der Waals surface area contributed by atoms with E-state index >= 15 is 0 Å². The van der Waals surface area contributed by atoms with Gasteiger partial charge in [-0.15, -0.1) is 0 Å². The monoisotopic (exact) mass is 312 g/mol. The highest BCUT2D eigenvalue weighted by molar-refractivity contribution is 5.94. The van der Waals surface area contributed by atoms with Gasteiger partial charge in [-0.05, 0) is 49.8 Å². The number of hydrogen-bond donors (Lipinski definition) is 1. The Kier molecular flexibility index (Phi) is 5.11. The van der Waals surface area contributed by atoms with Gasteiger partial charge in [-0.2, -0.15) is 0 Å². The minimum atomic E-state index is -0.0275. The molecule has 0 bridgehead atoms. The zero-order valence-corrected chi connectivity index (χ0v) is 13.5. The van der Waals surface area contributed by atoms with Crippen LogP contribution in [-0.2, 0) is 11.3 Å². The average Bonchev–Trinajstić information content (AvgIpc) is 2.99. The lowest BCUT2D eigenvalue weighted by molar-refractivity contribution is -0.128. The molecule has 23 heavy (non-hydrogen) atoms. The lowest BCUT2D eigenvalue weighted by atomic mass is 9.99. The van der Waals surface area contributed by atoms with Crippen molar-refractivity contribution in [1.82, 2.24) is 10.2 Å². The second-order valence-electron chi connectivity index (χ2n) is 6.41. The largest absolute Gasteiger partial charge is 0.348 e. The van der Waals surface area contributed by atoms with Crippen LogP contribution in [0.5, 0.6) is 0 Å². The maximum Gasteiger partial charge on any atom is 0.251 e. The van der Waals surface area contributed by atoms with Crippen LogP contribution in [0.3, 0.4) is 0 Å². The molecule has 0 atom stereocenters. The van der Waals surface area contributed by atoms with E-state index in [0.29, 0.717) is 25.1 Å². The summed E-state index contributed by atoms with van der Waals surface area (Å²) in [6, 6.07) is 7.59. The van der Waals surface area contributed by atoms with Crippen molar-refractivity contribution in [1.29, 1.82) is 0 Å². The summed E-state index contributed by atoms with van der Waals surface area (Å²) in [4.78, 5) is 25.7. The third-order valence-corrected chi connectivity index (χ3v) is 4.62. The third-order valence-electron chi connectivity index (χ3n) is 4.62. The van der Waals surface area contributed by atoms with E-state index in [1.54, 1.807) is 0 Å². The van der Waals surface area contributed by atoms with Gasteiger partial charge in [-0.3, -0.25) is 9.59 Å². The molecule has 0 aromatic heterocycles. The topological polar surface area (TPSA) is 49.4 Å². The molecule has 3 rings (SSSR count). The Balaban J connectivity index is 1.52. The summed E-state index contributed by atoms with van der Waals surface area (Å²) in [5, 5.41) is 3.00. The molecule has 1 fully saturated rings. The van der Waals surface area contributed by atoms with Crippen LogP contribution in [0, 0.1) is 0 Å². The molecular weight excluding hydrogens is 288 g/mol.